The van der Waals surface area contributed by atoms with Gasteiger partial charge in [0.1, 0.15) is 6.29 Å². The Balaban J connectivity index is 1.84. The fraction of sp³-hybridized carbons (Fsp3) is 0.923. The van der Waals surface area contributed by atoms with Gasteiger partial charge in [0, 0.05) is 51.4 Å². The van der Waals surface area contributed by atoms with E-state index in [1.807, 2.05) is 0 Å². The zero-order valence-corrected chi connectivity index (χ0v) is 10.9. The van der Waals surface area contributed by atoms with Gasteiger partial charge in [-0.1, -0.05) is 6.92 Å². The number of aldehydes is 1. The lowest BCUT2D eigenvalue weighted by Gasteiger charge is -2.40. The Labute approximate surface area is 104 Å². The summed E-state index contributed by atoms with van der Waals surface area (Å²) >= 11 is 0. The molecule has 0 spiro atoms. The van der Waals surface area contributed by atoms with E-state index in [0.29, 0.717) is 0 Å². The molecule has 0 amide bonds. The summed E-state index contributed by atoms with van der Waals surface area (Å²) in [6.07, 6.45) is 2.97. The van der Waals surface area contributed by atoms with Crippen molar-refractivity contribution in [1.82, 2.24) is 9.80 Å². The van der Waals surface area contributed by atoms with Gasteiger partial charge < -0.3 is 14.4 Å². The first-order valence-corrected chi connectivity index (χ1v) is 6.77. The molecule has 0 N–H and O–H groups in total. The normalized spacial score (nSPS) is 26.9. The fourth-order valence-electron chi connectivity index (χ4n) is 2.80. The minimum absolute atomic E-state index is 0.132. The molecule has 2 heterocycles. The summed E-state index contributed by atoms with van der Waals surface area (Å²) < 4.78 is 5.36. The number of rotatable bonds is 4. The van der Waals surface area contributed by atoms with E-state index in [2.05, 4.69) is 16.7 Å². The predicted octanol–water partition coefficient (Wildman–Crippen LogP) is 0.620. The van der Waals surface area contributed by atoms with Crippen molar-refractivity contribution in [2.24, 2.45) is 5.41 Å². The van der Waals surface area contributed by atoms with Crippen molar-refractivity contribution in [2.45, 2.75) is 19.8 Å². The predicted molar refractivity (Wildman–Crippen MR) is 67.1 cm³/mol. The number of likely N-dealkylation sites (N-methyl/N-ethyl adjacent to an activating group) is 1. The minimum Gasteiger partial charge on any atom is -0.381 e. The van der Waals surface area contributed by atoms with Gasteiger partial charge >= 0.3 is 0 Å². The van der Waals surface area contributed by atoms with Crippen molar-refractivity contribution in [3.8, 4) is 0 Å². The van der Waals surface area contributed by atoms with Crippen molar-refractivity contribution in [3.63, 3.8) is 0 Å². The summed E-state index contributed by atoms with van der Waals surface area (Å²) in [4.78, 5) is 16.3. The Hall–Kier alpha value is -0.450. The topological polar surface area (TPSA) is 32.8 Å². The number of carbonyl (C=O) groups excluding carboxylic acids is 1. The van der Waals surface area contributed by atoms with Gasteiger partial charge in [0.05, 0.1) is 0 Å². The van der Waals surface area contributed by atoms with E-state index >= 15 is 0 Å². The number of nitrogens with zero attached hydrogens (tertiary/aromatic N) is 2. The Morgan fingerprint density at radius 1 is 1.12 bits per heavy atom. The van der Waals surface area contributed by atoms with Gasteiger partial charge in [-0.25, -0.2) is 0 Å². The lowest BCUT2D eigenvalue weighted by atomic mass is 9.81. The molecule has 4 nitrogen and oxygen atoms in total. The average Bonchev–Trinajstić information content (AvgIpc) is 2.41. The van der Waals surface area contributed by atoms with Crippen LogP contribution in [0.2, 0.25) is 0 Å². The van der Waals surface area contributed by atoms with Crippen molar-refractivity contribution in [2.75, 3.05) is 52.5 Å². The molecular weight excluding hydrogens is 216 g/mol. The Kier molecular flexibility index (Phi) is 4.54. The second-order valence-electron chi connectivity index (χ2n) is 5.30. The van der Waals surface area contributed by atoms with Crippen LogP contribution in [0.3, 0.4) is 0 Å². The van der Waals surface area contributed by atoms with Crippen LogP contribution in [0.25, 0.3) is 0 Å². The molecule has 0 saturated carbocycles. The quantitative estimate of drug-likeness (QED) is 0.674. The molecule has 0 radical (unpaired) electrons. The Bertz CT molecular complexity index is 244. The van der Waals surface area contributed by atoms with Crippen LogP contribution in [0.5, 0.6) is 0 Å². The molecular formula is C13H24N2O2. The molecule has 0 unspecified atom stereocenters. The minimum atomic E-state index is -0.132. The Morgan fingerprint density at radius 3 is 2.24 bits per heavy atom. The smallest absolute Gasteiger partial charge is 0.127 e. The third kappa shape index (κ3) is 3.27. The summed E-state index contributed by atoms with van der Waals surface area (Å²) in [5.74, 6) is 0. The highest BCUT2D eigenvalue weighted by Crippen LogP contribution is 2.29. The summed E-state index contributed by atoms with van der Waals surface area (Å²) in [5, 5.41) is 0. The third-order valence-electron chi connectivity index (χ3n) is 4.19. The van der Waals surface area contributed by atoms with Crippen molar-refractivity contribution in [3.05, 3.63) is 0 Å². The summed E-state index contributed by atoms with van der Waals surface area (Å²) in [6.45, 7) is 10.2. The molecule has 98 valence electrons. The van der Waals surface area contributed by atoms with E-state index in [0.717, 1.165) is 65.3 Å². The van der Waals surface area contributed by atoms with Crippen molar-refractivity contribution < 1.29 is 9.53 Å². The number of ether oxygens (including phenoxy) is 1. The van der Waals surface area contributed by atoms with E-state index in [4.69, 9.17) is 4.74 Å². The molecule has 0 aromatic rings. The van der Waals surface area contributed by atoms with Gasteiger partial charge in [0.15, 0.2) is 0 Å². The van der Waals surface area contributed by atoms with Gasteiger partial charge in [-0.3, -0.25) is 4.90 Å². The van der Waals surface area contributed by atoms with Crippen LogP contribution in [0.15, 0.2) is 0 Å². The van der Waals surface area contributed by atoms with Crippen LogP contribution < -0.4 is 0 Å². The van der Waals surface area contributed by atoms with Gasteiger partial charge in [-0.15, -0.1) is 0 Å². The van der Waals surface area contributed by atoms with E-state index in [1.165, 1.54) is 6.29 Å². The molecule has 2 aliphatic heterocycles. The highest BCUT2D eigenvalue weighted by atomic mass is 16.5. The number of piperazine rings is 1. The van der Waals surface area contributed by atoms with Crippen molar-refractivity contribution in [1.29, 1.82) is 0 Å². The van der Waals surface area contributed by atoms with Crippen LogP contribution in [0, 0.1) is 5.41 Å². The second kappa shape index (κ2) is 5.94. The van der Waals surface area contributed by atoms with E-state index in [-0.39, 0.29) is 5.41 Å². The van der Waals surface area contributed by atoms with Crippen LogP contribution in [0.4, 0.5) is 0 Å². The second-order valence-corrected chi connectivity index (χ2v) is 5.30. The first-order valence-electron chi connectivity index (χ1n) is 6.77. The molecule has 0 aromatic carbocycles. The molecule has 2 rings (SSSR count). The highest BCUT2D eigenvalue weighted by Gasteiger charge is 2.34. The van der Waals surface area contributed by atoms with E-state index < -0.39 is 0 Å². The standard InChI is InChI=1S/C13H24N2O2/c1-2-14-5-7-15(8-6-14)11-13(12-16)3-9-17-10-4-13/h12H,2-11H2,1H3. The largest absolute Gasteiger partial charge is 0.381 e. The van der Waals surface area contributed by atoms with Crippen LogP contribution in [0.1, 0.15) is 19.8 Å². The van der Waals surface area contributed by atoms with Gasteiger partial charge in [0.25, 0.3) is 0 Å². The number of hydrogen-bond acceptors (Lipinski definition) is 4. The van der Waals surface area contributed by atoms with Crippen molar-refractivity contribution >= 4 is 6.29 Å². The molecule has 2 saturated heterocycles. The monoisotopic (exact) mass is 240 g/mol. The van der Waals surface area contributed by atoms with Gasteiger partial charge in [0.2, 0.25) is 0 Å². The molecule has 0 atom stereocenters. The van der Waals surface area contributed by atoms with Crippen LogP contribution in [-0.2, 0) is 9.53 Å². The summed E-state index contributed by atoms with van der Waals surface area (Å²) in [7, 11) is 0. The number of hydrogen-bond donors (Lipinski definition) is 0. The first-order chi connectivity index (χ1) is 8.28. The zero-order chi connectivity index (χ0) is 12.1. The maximum absolute atomic E-state index is 11.4. The Morgan fingerprint density at radius 2 is 1.71 bits per heavy atom. The molecule has 0 aromatic heterocycles. The molecule has 17 heavy (non-hydrogen) atoms. The first kappa shape index (κ1) is 13.0. The molecule has 0 aliphatic carbocycles. The molecule has 2 fully saturated rings. The molecule has 2 aliphatic rings. The van der Waals surface area contributed by atoms with Crippen LogP contribution in [-0.4, -0.2) is 68.6 Å². The third-order valence-corrected chi connectivity index (χ3v) is 4.19. The van der Waals surface area contributed by atoms with E-state index in [1.54, 1.807) is 0 Å². The SMILES string of the molecule is CCN1CCN(CC2(C=O)CCOCC2)CC1. The summed E-state index contributed by atoms with van der Waals surface area (Å²) in [5.41, 5.74) is -0.132. The highest BCUT2D eigenvalue weighted by molar-refractivity contribution is 5.60. The van der Waals surface area contributed by atoms with Gasteiger partial charge in [-0.2, -0.15) is 0 Å². The maximum atomic E-state index is 11.4. The average molecular weight is 240 g/mol. The van der Waals surface area contributed by atoms with E-state index in [9.17, 15) is 4.79 Å². The van der Waals surface area contributed by atoms with Gasteiger partial charge in [-0.05, 0) is 19.4 Å². The lowest BCUT2D eigenvalue weighted by Crippen LogP contribution is -2.51. The molecule has 0 bridgehead atoms. The lowest BCUT2D eigenvalue weighted by molar-refractivity contribution is -0.123. The zero-order valence-electron chi connectivity index (χ0n) is 10.9. The number of carbonyl (C=O) groups is 1. The summed E-state index contributed by atoms with van der Waals surface area (Å²) in [6, 6.07) is 0. The fourth-order valence-corrected chi connectivity index (χ4v) is 2.80. The van der Waals surface area contributed by atoms with Crippen LogP contribution >= 0.6 is 0 Å². The maximum Gasteiger partial charge on any atom is 0.127 e. The molecule has 4 heteroatoms.